The second-order valence-electron chi connectivity index (χ2n) is 3.98. The Morgan fingerprint density at radius 2 is 2.31 bits per heavy atom. The first-order chi connectivity index (χ1) is 7.59. The van der Waals surface area contributed by atoms with Gasteiger partial charge in [0.1, 0.15) is 6.33 Å². The Morgan fingerprint density at radius 3 is 2.88 bits per heavy atom. The first kappa shape index (κ1) is 10.6. The molecule has 1 aromatic heterocycles. The highest BCUT2D eigenvalue weighted by molar-refractivity contribution is 5.67. The summed E-state index contributed by atoms with van der Waals surface area (Å²) < 4.78 is 0. The number of rotatable bonds is 4. The highest BCUT2D eigenvalue weighted by Gasteiger charge is 2.30. The second kappa shape index (κ2) is 3.92. The van der Waals surface area contributed by atoms with E-state index in [9.17, 15) is 10.1 Å². The maximum Gasteiger partial charge on any atom is 0.352 e. The van der Waals surface area contributed by atoms with Crippen LogP contribution >= 0.6 is 0 Å². The Balaban J connectivity index is 2.24. The van der Waals surface area contributed by atoms with Crippen molar-refractivity contribution >= 4 is 17.3 Å². The molecule has 1 aromatic rings. The van der Waals surface area contributed by atoms with Crippen molar-refractivity contribution in [3.63, 3.8) is 0 Å². The Hall–Kier alpha value is -1.92. The molecule has 1 saturated carbocycles. The fraction of sp³-hybridized carbons (Fsp3) is 0.556. The number of nitrogens with two attached hydrogens (primary N) is 1. The van der Waals surface area contributed by atoms with Crippen LogP contribution in [0, 0.1) is 16.0 Å². The summed E-state index contributed by atoms with van der Waals surface area (Å²) >= 11 is 0. The lowest BCUT2D eigenvalue weighted by molar-refractivity contribution is -0.383. The predicted molar refractivity (Wildman–Crippen MR) is 58.9 cm³/mol. The van der Waals surface area contributed by atoms with Crippen LogP contribution in [-0.2, 0) is 0 Å². The lowest BCUT2D eigenvalue weighted by Gasteiger charge is -2.13. The average Bonchev–Trinajstić information content (AvgIpc) is 2.99. The molecule has 0 amide bonds. The molecule has 0 saturated heterocycles. The van der Waals surface area contributed by atoms with Gasteiger partial charge in [-0.15, -0.1) is 0 Å². The number of hydrogen-bond acceptors (Lipinski definition) is 6. The minimum absolute atomic E-state index is 0.106. The molecule has 86 valence electrons. The van der Waals surface area contributed by atoms with E-state index in [4.69, 9.17) is 5.73 Å². The summed E-state index contributed by atoms with van der Waals surface area (Å²) in [5.74, 6) is 0.679. The summed E-state index contributed by atoms with van der Waals surface area (Å²) in [6, 6.07) is 0.174. The van der Waals surface area contributed by atoms with Crippen LogP contribution in [0.2, 0.25) is 0 Å². The minimum atomic E-state index is -0.558. The molecule has 1 atom stereocenters. The van der Waals surface area contributed by atoms with Gasteiger partial charge in [-0.2, -0.15) is 0 Å². The Morgan fingerprint density at radius 1 is 1.62 bits per heavy atom. The van der Waals surface area contributed by atoms with E-state index in [0.29, 0.717) is 5.92 Å². The van der Waals surface area contributed by atoms with Crippen LogP contribution in [0.5, 0.6) is 0 Å². The van der Waals surface area contributed by atoms with Gasteiger partial charge in [0.2, 0.25) is 11.6 Å². The van der Waals surface area contributed by atoms with E-state index in [-0.39, 0.29) is 23.4 Å². The van der Waals surface area contributed by atoms with Crippen LogP contribution < -0.4 is 11.1 Å². The maximum atomic E-state index is 10.8. The number of nitrogen functional groups attached to an aromatic ring is 1. The van der Waals surface area contributed by atoms with Crippen molar-refractivity contribution in [2.45, 2.75) is 25.8 Å². The van der Waals surface area contributed by atoms with Gasteiger partial charge in [-0.05, 0) is 25.7 Å². The zero-order chi connectivity index (χ0) is 11.7. The highest BCUT2D eigenvalue weighted by atomic mass is 16.6. The quantitative estimate of drug-likeness (QED) is 0.586. The lowest BCUT2D eigenvalue weighted by Crippen LogP contribution is -2.19. The standard InChI is InChI=1S/C9H13N5O2/c1-5(6-2-3-6)13-9-7(14(15)16)8(10)11-4-12-9/h4-6H,2-3H2,1H3,(H3,10,11,12,13). The molecule has 7 heteroatoms. The van der Waals surface area contributed by atoms with E-state index in [2.05, 4.69) is 15.3 Å². The van der Waals surface area contributed by atoms with Gasteiger partial charge in [-0.1, -0.05) is 0 Å². The fourth-order valence-electron chi connectivity index (χ4n) is 1.61. The first-order valence-electron chi connectivity index (χ1n) is 5.11. The van der Waals surface area contributed by atoms with E-state index in [1.807, 2.05) is 6.92 Å². The summed E-state index contributed by atoms with van der Waals surface area (Å²) in [5, 5.41) is 13.8. The molecule has 0 aliphatic heterocycles. The maximum absolute atomic E-state index is 10.8. The topological polar surface area (TPSA) is 107 Å². The molecular weight excluding hydrogens is 210 g/mol. The average molecular weight is 223 g/mol. The monoisotopic (exact) mass is 223 g/mol. The number of nitro groups is 1. The Kier molecular flexibility index (Phi) is 2.59. The molecule has 0 radical (unpaired) electrons. The largest absolute Gasteiger partial charge is 0.378 e. The van der Waals surface area contributed by atoms with Crippen molar-refractivity contribution in [1.82, 2.24) is 9.97 Å². The van der Waals surface area contributed by atoms with Gasteiger partial charge in [0.15, 0.2) is 0 Å². The van der Waals surface area contributed by atoms with E-state index in [1.54, 1.807) is 0 Å². The zero-order valence-electron chi connectivity index (χ0n) is 8.88. The Bertz CT molecular complexity index is 418. The third-order valence-electron chi connectivity index (χ3n) is 2.73. The molecule has 1 aliphatic rings. The summed E-state index contributed by atoms with van der Waals surface area (Å²) in [7, 11) is 0. The summed E-state index contributed by atoms with van der Waals surface area (Å²) in [6.07, 6.45) is 3.54. The van der Waals surface area contributed by atoms with Crippen LogP contribution in [0.15, 0.2) is 6.33 Å². The van der Waals surface area contributed by atoms with E-state index >= 15 is 0 Å². The molecule has 0 aromatic carbocycles. The highest BCUT2D eigenvalue weighted by Crippen LogP contribution is 2.35. The van der Waals surface area contributed by atoms with Crippen molar-refractivity contribution in [2.75, 3.05) is 11.1 Å². The van der Waals surface area contributed by atoms with Crippen molar-refractivity contribution in [3.8, 4) is 0 Å². The van der Waals surface area contributed by atoms with Crippen molar-refractivity contribution in [3.05, 3.63) is 16.4 Å². The van der Waals surface area contributed by atoms with Crippen molar-refractivity contribution in [1.29, 1.82) is 0 Å². The van der Waals surface area contributed by atoms with Crippen molar-refractivity contribution < 1.29 is 4.92 Å². The smallest absolute Gasteiger partial charge is 0.352 e. The van der Waals surface area contributed by atoms with Crippen LogP contribution in [0.4, 0.5) is 17.3 Å². The van der Waals surface area contributed by atoms with Gasteiger partial charge in [0.25, 0.3) is 0 Å². The normalized spacial score (nSPS) is 16.8. The third-order valence-corrected chi connectivity index (χ3v) is 2.73. The first-order valence-corrected chi connectivity index (χ1v) is 5.11. The number of anilines is 2. The SMILES string of the molecule is CC(Nc1ncnc(N)c1[N+](=O)[O-])C1CC1. The number of aromatic nitrogens is 2. The molecule has 1 heterocycles. The van der Waals surface area contributed by atoms with Gasteiger partial charge in [-0.25, -0.2) is 9.97 Å². The van der Waals surface area contributed by atoms with Gasteiger partial charge in [0.05, 0.1) is 4.92 Å². The number of nitrogens with zero attached hydrogens (tertiary/aromatic N) is 3. The van der Waals surface area contributed by atoms with Gasteiger partial charge < -0.3 is 11.1 Å². The fourth-order valence-corrected chi connectivity index (χ4v) is 1.61. The van der Waals surface area contributed by atoms with Crippen LogP contribution in [-0.4, -0.2) is 20.9 Å². The van der Waals surface area contributed by atoms with E-state index < -0.39 is 4.92 Å². The minimum Gasteiger partial charge on any atom is -0.378 e. The summed E-state index contributed by atoms with van der Waals surface area (Å²) in [6.45, 7) is 1.99. The molecule has 2 rings (SSSR count). The number of hydrogen-bond donors (Lipinski definition) is 2. The van der Waals surface area contributed by atoms with Crippen LogP contribution in [0.3, 0.4) is 0 Å². The predicted octanol–water partition coefficient (Wildman–Crippen LogP) is 1.18. The zero-order valence-corrected chi connectivity index (χ0v) is 8.88. The molecule has 3 N–H and O–H groups in total. The molecule has 16 heavy (non-hydrogen) atoms. The summed E-state index contributed by atoms with van der Waals surface area (Å²) in [5.41, 5.74) is 5.22. The van der Waals surface area contributed by atoms with Crippen molar-refractivity contribution in [2.24, 2.45) is 5.92 Å². The molecule has 0 spiro atoms. The third kappa shape index (κ3) is 2.02. The molecule has 1 fully saturated rings. The molecule has 1 aliphatic carbocycles. The Labute approximate surface area is 92.2 Å². The van der Waals surface area contributed by atoms with Gasteiger partial charge >= 0.3 is 5.69 Å². The molecule has 7 nitrogen and oxygen atoms in total. The second-order valence-corrected chi connectivity index (χ2v) is 3.98. The van der Waals surface area contributed by atoms with E-state index in [1.165, 1.54) is 6.33 Å². The molecule has 1 unspecified atom stereocenters. The van der Waals surface area contributed by atoms with E-state index in [0.717, 1.165) is 12.8 Å². The van der Waals surface area contributed by atoms with Gasteiger partial charge in [-0.3, -0.25) is 10.1 Å². The number of nitrogens with one attached hydrogen (secondary N) is 1. The lowest BCUT2D eigenvalue weighted by atomic mass is 10.2. The molecule has 0 bridgehead atoms. The summed E-state index contributed by atoms with van der Waals surface area (Å²) in [4.78, 5) is 17.7. The van der Waals surface area contributed by atoms with Crippen LogP contribution in [0.25, 0.3) is 0 Å². The van der Waals surface area contributed by atoms with Gasteiger partial charge in [0, 0.05) is 6.04 Å². The van der Waals surface area contributed by atoms with Crippen LogP contribution in [0.1, 0.15) is 19.8 Å². The molecular formula is C9H13N5O2.